The van der Waals surface area contributed by atoms with Crippen LogP contribution < -0.4 is 10.5 Å². The third-order valence-corrected chi connectivity index (χ3v) is 5.91. The summed E-state index contributed by atoms with van der Waals surface area (Å²) in [6.07, 6.45) is 6.36. The molecule has 0 aliphatic heterocycles. The Labute approximate surface area is 163 Å². The molecule has 0 saturated carbocycles. The minimum absolute atomic E-state index is 0.0954. The van der Waals surface area contributed by atoms with Gasteiger partial charge in [0.25, 0.3) is 0 Å². The van der Waals surface area contributed by atoms with E-state index in [9.17, 15) is 13.2 Å². The third kappa shape index (κ3) is 10.0. The number of alkyl halides is 1. The molecule has 4 N–H and O–H groups in total. The molecule has 0 spiro atoms. The molecule has 1 unspecified atom stereocenters. The van der Waals surface area contributed by atoms with Gasteiger partial charge in [-0.3, -0.25) is 9.52 Å². The average molecular weight is 482 g/mol. The molecule has 0 aliphatic carbocycles. The van der Waals surface area contributed by atoms with Crippen molar-refractivity contribution in [3.8, 4) is 0 Å². The van der Waals surface area contributed by atoms with Gasteiger partial charge in [0.1, 0.15) is 6.04 Å². The Kier molecular flexibility index (Phi) is 10.4. The van der Waals surface area contributed by atoms with Gasteiger partial charge in [-0.1, -0.05) is 60.4 Å². The van der Waals surface area contributed by atoms with Gasteiger partial charge in [-0.15, -0.1) is 0 Å². The molecule has 0 aliphatic rings. The monoisotopic (exact) mass is 482 g/mol. The number of nitrogens with one attached hydrogen (secondary N) is 1. The van der Waals surface area contributed by atoms with Gasteiger partial charge in [0.2, 0.25) is 10.0 Å². The minimum Gasteiger partial charge on any atom is -0.480 e. The second kappa shape index (κ2) is 11.7. The van der Waals surface area contributed by atoms with Gasteiger partial charge in [0, 0.05) is 5.69 Å². The summed E-state index contributed by atoms with van der Waals surface area (Å²) >= 11 is 2.36. The lowest BCUT2D eigenvalue weighted by Gasteiger charge is -2.11. The number of sulfonamides is 1. The van der Waals surface area contributed by atoms with E-state index in [1.54, 1.807) is 24.3 Å². The van der Waals surface area contributed by atoms with Gasteiger partial charge in [-0.05, 0) is 41.4 Å². The number of hydrogen-bond donors (Lipinski definition) is 3. The summed E-state index contributed by atoms with van der Waals surface area (Å²) < 4.78 is 28.0. The summed E-state index contributed by atoms with van der Waals surface area (Å²) in [4.78, 5) is 10.8. The normalized spacial score (nSPS) is 12.7. The van der Waals surface area contributed by atoms with E-state index < -0.39 is 22.0 Å². The topological polar surface area (TPSA) is 109 Å². The average Bonchev–Trinajstić information content (AvgIpc) is 2.53. The van der Waals surface area contributed by atoms with Crippen molar-refractivity contribution in [3.05, 3.63) is 29.8 Å². The Bertz CT molecular complexity index is 637. The Morgan fingerprint density at radius 3 is 2.44 bits per heavy atom. The highest BCUT2D eigenvalue weighted by atomic mass is 127. The first-order valence-corrected chi connectivity index (χ1v) is 11.7. The Morgan fingerprint density at radius 1 is 1.16 bits per heavy atom. The zero-order valence-corrected chi connectivity index (χ0v) is 17.3. The lowest BCUT2D eigenvalue weighted by molar-refractivity contribution is -0.138. The molecule has 142 valence electrons. The number of halogens is 1. The molecule has 1 aromatic carbocycles. The number of anilines is 1. The van der Waals surface area contributed by atoms with Crippen LogP contribution in [0.1, 0.15) is 44.1 Å². The van der Waals surface area contributed by atoms with Crippen molar-refractivity contribution in [3.63, 3.8) is 0 Å². The number of benzene rings is 1. The Morgan fingerprint density at radius 2 is 1.80 bits per heavy atom. The van der Waals surface area contributed by atoms with E-state index in [2.05, 4.69) is 27.3 Å². The number of unbranched alkanes of at least 4 members (excludes halogenated alkanes) is 5. The van der Waals surface area contributed by atoms with Gasteiger partial charge in [0.05, 0.1) is 5.75 Å². The smallest absolute Gasteiger partial charge is 0.320 e. The van der Waals surface area contributed by atoms with E-state index in [4.69, 9.17) is 10.8 Å². The first kappa shape index (κ1) is 22.2. The first-order chi connectivity index (χ1) is 11.8. The maximum absolute atomic E-state index is 12.1. The number of nitrogens with two attached hydrogens (primary N) is 1. The maximum atomic E-state index is 12.1. The van der Waals surface area contributed by atoms with E-state index >= 15 is 0 Å². The van der Waals surface area contributed by atoms with Crippen molar-refractivity contribution in [1.29, 1.82) is 0 Å². The molecule has 8 heteroatoms. The second-order valence-corrected chi connectivity index (χ2v) is 9.00. The van der Waals surface area contributed by atoms with Crippen molar-refractivity contribution in [2.24, 2.45) is 5.73 Å². The fourth-order valence-electron chi connectivity index (χ4n) is 2.43. The SMILES string of the molecule is NC(Cc1cccc(NS(=O)(=O)CCCCCCCCI)c1)C(=O)O. The molecule has 0 aromatic heterocycles. The first-order valence-electron chi connectivity index (χ1n) is 8.48. The lowest BCUT2D eigenvalue weighted by atomic mass is 10.1. The van der Waals surface area contributed by atoms with E-state index in [1.807, 2.05) is 0 Å². The molecule has 1 aromatic rings. The molecular weight excluding hydrogens is 455 g/mol. The van der Waals surface area contributed by atoms with E-state index in [-0.39, 0.29) is 12.2 Å². The molecule has 0 bridgehead atoms. The zero-order chi connectivity index (χ0) is 18.7. The van der Waals surface area contributed by atoms with Crippen LogP contribution in [0.5, 0.6) is 0 Å². The lowest BCUT2D eigenvalue weighted by Crippen LogP contribution is -2.32. The van der Waals surface area contributed by atoms with Crippen LogP contribution in [-0.2, 0) is 21.2 Å². The van der Waals surface area contributed by atoms with Crippen LogP contribution in [0.15, 0.2) is 24.3 Å². The van der Waals surface area contributed by atoms with Crippen LogP contribution in [-0.4, -0.2) is 35.7 Å². The molecule has 25 heavy (non-hydrogen) atoms. The highest BCUT2D eigenvalue weighted by Gasteiger charge is 2.14. The third-order valence-electron chi connectivity index (χ3n) is 3.77. The zero-order valence-electron chi connectivity index (χ0n) is 14.3. The Balaban J connectivity index is 2.44. The van der Waals surface area contributed by atoms with Crippen molar-refractivity contribution in [2.45, 2.75) is 51.0 Å². The number of rotatable bonds is 13. The number of carboxylic acids is 1. The maximum Gasteiger partial charge on any atom is 0.320 e. The van der Waals surface area contributed by atoms with Crippen LogP contribution in [0.2, 0.25) is 0 Å². The van der Waals surface area contributed by atoms with Crippen LogP contribution >= 0.6 is 22.6 Å². The highest BCUT2D eigenvalue weighted by Crippen LogP contribution is 2.15. The van der Waals surface area contributed by atoms with Crippen molar-refractivity contribution in [1.82, 2.24) is 0 Å². The highest BCUT2D eigenvalue weighted by molar-refractivity contribution is 14.1. The number of carbonyl (C=O) groups is 1. The summed E-state index contributed by atoms with van der Waals surface area (Å²) in [5.41, 5.74) is 6.64. The van der Waals surface area contributed by atoms with Crippen LogP contribution in [0.3, 0.4) is 0 Å². The predicted octanol–water partition coefficient (Wildman–Crippen LogP) is 3.16. The summed E-state index contributed by atoms with van der Waals surface area (Å²) in [6, 6.07) is 5.70. The molecular formula is C17H27IN2O4S. The van der Waals surface area contributed by atoms with Crippen molar-refractivity contribution in [2.75, 3.05) is 14.9 Å². The summed E-state index contributed by atoms with van der Waals surface area (Å²) in [7, 11) is -3.39. The molecule has 6 nitrogen and oxygen atoms in total. The van der Waals surface area contributed by atoms with Crippen LogP contribution in [0.4, 0.5) is 5.69 Å². The van der Waals surface area contributed by atoms with Crippen LogP contribution in [0, 0.1) is 0 Å². The van der Waals surface area contributed by atoms with E-state index in [0.717, 1.165) is 19.3 Å². The van der Waals surface area contributed by atoms with Gasteiger partial charge in [0.15, 0.2) is 0 Å². The summed E-state index contributed by atoms with van der Waals surface area (Å²) in [5.74, 6) is -0.984. The van der Waals surface area contributed by atoms with Gasteiger partial charge >= 0.3 is 5.97 Å². The summed E-state index contributed by atoms with van der Waals surface area (Å²) in [6.45, 7) is 0. The molecule has 0 amide bonds. The number of hydrogen-bond acceptors (Lipinski definition) is 4. The van der Waals surface area contributed by atoms with Crippen molar-refractivity contribution >= 4 is 44.3 Å². The fraction of sp³-hybridized carbons (Fsp3) is 0.588. The molecule has 1 atom stereocenters. The van der Waals surface area contributed by atoms with E-state index in [0.29, 0.717) is 17.7 Å². The van der Waals surface area contributed by atoms with Crippen LogP contribution in [0.25, 0.3) is 0 Å². The quantitative estimate of drug-likeness (QED) is 0.227. The number of aliphatic carboxylic acids is 1. The second-order valence-electron chi connectivity index (χ2n) is 6.08. The largest absolute Gasteiger partial charge is 0.480 e. The standard InChI is InChI=1S/C17H27IN2O4S/c18-10-5-3-1-2-4-6-11-25(23,24)20-15-9-7-8-14(12-15)13-16(19)17(21)22/h7-9,12,16,20H,1-6,10-11,13,19H2,(H,21,22). The molecule has 1 rings (SSSR count). The van der Waals surface area contributed by atoms with Crippen molar-refractivity contribution < 1.29 is 18.3 Å². The predicted molar refractivity (Wildman–Crippen MR) is 110 cm³/mol. The fourth-order valence-corrected chi connectivity index (χ4v) is 4.14. The van der Waals surface area contributed by atoms with Gasteiger partial charge < -0.3 is 10.8 Å². The van der Waals surface area contributed by atoms with Gasteiger partial charge in [-0.2, -0.15) is 0 Å². The Hall–Kier alpha value is -0.870. The molecule has 0 fully saturated rings. The van der Waals surface area contributed by atoms with Gasteiger partial charge in [-0.25, -0.2) is 8.42 Å². The van der Waals surface area contributed by atoms with E-state index in [1.165, 1.54) is 17.3 Å². The molecule has 0 heterocycles. The minimum atomic E-state index is -3.39. The summed E-state index contributed by atoms with van der Waals surface area (Å²) in [5, 5.41) is 8.85. The number of carboxylic acid groups (broad SMARTS) is 1. The molecule has 0 radical (unpaired) electrons. The molecule has 0 saturated heterocycles.